The molecule has 0 bridgehead atoms. The van der Waals surface area contributed by atoms with Crippen molar-refractivity contribution in [2.45, 2.75) is 45.9 Å². The minimum atomic E-state index is -1.28. The van der Waals surface area contributed by atoms with Gasteiger partial charge in [0.15, 0.2) is 6.10 Å². The minimum absolute atomic E-state index is 0.165. The third kappa shape index (κ3) is 5.51. The zero-order valence-electron chi connectivity index (χ0n) is 17.4. The van der Waals surface area contributed by atoms with Crippen LogP contribution in [0.2, 0.25) is 5.15 Å². The maximum absolute atomic E-state index is 13.1. The van der Waals surface area contributed by atoms with Crippen molar-refractivity contribution in [1.29, 1.82) is 0 Å². The number of nitro groups is 1. The molecule has 3 rings (SSSR count). The van der Waals surface area contributed by atoms with Crippen molar-refractivity contribution >= 4 is 56.3 Å². The molecule has 3 heterocycles. The van der Waals surface area contributed by atoms with Gasteiger partial charge in [-0.3, -0.25) is 15.0 Å². The number of halogens is 1. The maximum Gasteiger partial charge on any atom is 0.415 e. The molecule has 0 aromatic carbocycles. The number of aliphatic hydroxyl groups excluding tert-OH is 1. The highest BCUT2D eigenvalue weighted by Gasteiger charge is 2.29. The number of aliphatic hydroxyl groups is 1. The summed E-state index contributed by atoms with van der Waals surface area (Å²) in [6.07, 6.45) is -1.84. The van der Waals surface area contributed by atoms with E-state index >= 15 is 0 Å². The highest BCUT2D eigenvalue weighted by molar-refractivity contribution is 7.20. The summed E-state index contributed by atoms with van der Waals surface area (Å²) in [4.78, 5) is 30.6. The lowest BCUT2D eigenvalue weighted by Crippen LogP contribution is -2.36. The number of hydrogen-bond acceptors (Lipinski definition) is 8. The van der Waals surface area contributed by atoms with Gasteiger partial charge in [0.25, 0.3) is 0 Å². The molecule has 166 valence electrons. The van der Waals surface area contributed by atoms with Crippen LogP contribution in [0.25, 0.3) is 10.2 Å². The van der Waals surface area contributed by atoms with Gasteiger partial charge in [0.2, 0.25) is 6.54 Å². The van der Waals surface area contributed by atoms with Crippen LogP contribution in [0.1, 0.15) is 42.2 Å². The number of carbonyl (C=O) groups excluding carboxylic acids is 1. The van der Waals surface area contributed by atoms with Crippen molar-refractivity contribution in [2.75, 3.05) is 11.4 Å². The second-order valence-corrected chi connectivity index (χ2v) is 10.4. The van der Waals surface area contributed by atoms with Crippen LogP contribution in [0, 0.1) is 17.0 Å². The van der Waals surface area contributed by atoms with Gasteiger partial charge < -0.3 is 9.84 Å². The molecule has 1 atom stereocenters. The second-order valence-electron chi connectivity index (χ2n) is 7.91. The first kappa shape index (κ1) is 23.4. The number of ether oxygens (including phenoxy) is 1. The predicted molar refractivity (Wildman–Crippen MR) is 123 cm³/mol. The molecule has 3 aromatic rings. The lowest BCUT2D eigenvalue weighted by molar-refractivity contribution is -0.491. The van der Waals surface area contributed by atoms with Crippen LogP contribution in [0.5, 0.6) is 0 Å². The van der Waals surface area contributed by atoms with Gasteiger partial charge in [-0.1, -0.05) is 17.7 Å². The first-order valence-corrected chi connectivity index (χ1v) is 11.5. The summed E-state index contributed by atoms with van der Waals surface area (Å²) in [6.45, 7) is 6.70. The van der Waals surface area contributed by atoms with Crippen LogP contribution in [0.4, 0.5) is 10.5 Å². The van der Waals surface area contributed by atoms with Crippen molar-refractivity contribution in [3.05, 3.63) is 54.2 Å². The number of fused-ring (bicyclic) bond motifs is 1. The number of carbonyl (C=O) groups is 1. The van der Waals surface area contributed by atoms with E-state index < -0.39 is 29.3 Å². The number of nitrogens with zero attached hydrogens (tertiary/aromatic N) is 3. The molecule has 0 radical (unpaired) electrons. The van der Waals surface area contributed by atoms with E-state index in [0.29, 0.717) is 26.3 Å². The van der Waals surface area contributed by atoms with Gasteiger partial charge in [0.05, 0.1) is 22.4 Å². The molecule has 1 unspecified atom stereocenters. The predicted octanol–water partition coefficient (Wildman–Crippen LogP) is 5.57. The molecule has 0 fully saturated rings. The molecular weight excluding hydrogens is 462 g/mol. The fourth-order valence-corrected chi connectivity index (χ4v) is 5.14. The van der Waals surface area contributed by atoms with Gasteiger partial charge >= 0.3 is 6.09 Å². The Morgan fingerprint density at radius 3 is 2.74 bits per heavy atom. The standard InChI is InChI=1S/C20H22ClN3O5S2/c1-11-16-18(31-17(11)14(25)10-24(27)28)13(8-15(21)22-16)23(9-12-6-5-7-30-12)19(26)29-20(2,3)4/h5-8,14,25H,9-10H2,1-4H3. The van der Waals surface area contributed by atoms with Gasteiger partial charge in [0, 0.05) is 20.7 Å². The lowest BCUT2D eigenvalue weighted by Gasteiger charge is -2.27. The second kappa shape index (κ2) is 9.07. The Hall–Kier alpha value is -2.27. The molecule has 0 aliphatic carbocycles. The summed E-state index contributed by atoms with van der Waals surface area (Å²) >= 11 is 8.94. The molecule has 0 saturated heterocycles. The van der Waals surface area contributed by atoms with Gasteiger partial charge in [-0.2, -0.15) is 0 Å². The summed E-state index contributed by atoms with van der Waals surface area (Å²) in [5.74, 6) is 0. The van der Waals surface area contributed by atoms with E-state index in [4.69, 9.17) is 16.3 Å². The Bertz CT molecular complexity index is 1110. The number of thiophene rings is 2. The van der Waals surface area contributed by atoms with Crippen LogP contribution in [-0.4, -0.2) is 33.3 Å². The number of pyridine rings is 1. The van der Waals surface area contributed by atoms with E-state index in [1.807, 2.05) is 17.5 Å². The van der Waals surface area contributed by atoms with Crippen molar-refractivity contribution in [1.82, 2.24) is 4.98 Å². The van der Waals surface area contributed by atoms with Crippen LogP contribution in [0.15, 0.2) is 23.6 Å². The van der Waals surface area contributed by atoms with E-state index in [-0.39, 0.29) is 11.7 Å². The highest BCUT2D eigenvalue weighted by Crippen LogP contribution is 2.41. The average Bonchev–Trinajstić information content (AvgIpc) is 3.25. The average molecular weight is 484 g/mol. The van der Waals surface area contributed by atoms with E-state index in [9.17, 15) is 20.0 Å². The first-order valence-electron chi connectivity index (χ1n) is 9.38. The zero-order chi connectivity index (χ0) is 22.9. The van der Waals surface area contributed by atoms with Crippen molar-refractivity contribution < 1.29 is 19.6 Å². The van der Waals surface area contributed by atoms with Gasteiger partial charge in [-0.15, -0.1) is 22.7 Å². The Morgan fingerprint density at radius 1 is 1.45 bits per heavy atom. The van der Waals surface area contributed by atoms with Crippen molar-refractivity contribution in [3.63, 3.8) is 0 Å². The smallest absolute Gasteiger partial charge is 0.415 e. The fraction of sp³-hybridized carbons (Fsp3) is 0.400. The van der Waals surface area contributed by atoms with Crippen LogP contribution >= 0.6 is 34.3 Å². The first-order chi connectivity index (χ1) is 14.5. The monoisotopic (exact) mass is 483 g/mol. The molecule has 11 heteroatoms. The molecule has 31 heavy (non-hydrogen) atoms. The molecule has 1 amide bonds. The summed E-state index contributed by atoms with van der Waals surface area (Å²) < 4.78 is 6.22. The topological polar surface area (TPSA) is 106 Å². The van der Waals surface area contributed by atoms with E-state index in [1.54, 1.807) is 33.8 Å². The number of hydrogen-bond donors (Lipinski definition) is 1. The lowest BCUT2D eigenvalue weighted by atomic mass is 10.1. The Labute approximate surface area is 192 Å². The largest absolute Gasteiger partial charge is 0.443 e. The number of anilines is 1. The summed E-state index contributed by atoms with van der Waals surface area (Å²) in [6, 6.07) is 5.37. The summed E-state index contributed by atoms with van der Waals surface area (Å²) in [5, 5.41) is 23.3. The Balaban J connectivity index is 2.15. The third-order valence-electron chi connectivity index (χ3n) is 4.28. The SMILES string of the molecule is Cc1c(C(O)C[N+](=O)[O-])sc2c(N(Cc3cccs3)C(=O)OC(C)(C)C)cc(Cl)nc12. The van der Waals surface area contributed by atoms with Crippen LogP contribution in [-0.2, 0) is 11.3 Å². The van der Waals surface area contributed by atoms with Crippen LogP contribution < -0.4 is 4.90 Å². The van der Waals surface area contributed by atoms with Crippen molar-refractivity contribution in [3.8, 4) is 0 Å². The molecule has 0 aliphatic heterocycles. The Kier molecular flexibility index (Phi) is 6.85. The number of rotatable bonds is 6. The fourth-order valence-electron chi connectivity index (χ4n) is 3.01. The molecule has 1 N–H and O–H groups in total. The summed E-state index contributed by atoms with van der Waals surface area (Å²) in [5.41, 5.74) is 0.854. The van der Waals surface area contributed by atoms with Gasteiger partial charge in [0.1, 0.15) is 10.8 Å². The molecule has 8 nitrogen and oxygen atoms in total. The van der Waals surface area contributed by atoms with E-state index in [1.165, 1.54) is 16.2 Å². The quantitative estimate of drug-likeness (QED) is 0.279. The molecule has 3 aromatic heterocycles. The minimum Gasteiger partial charge on any atom is -0.443 e. The summed E-state index contributed by atoms with van der Waals surface area (Å²) in [7, 11) is 0. The third-order valence-corrected chi connectivity index (χ3v) is 6.74. The number of amides is 1. The number of aryl methyl sites for hydroxylation is 1. The van der Waals surface area contributed by atoms with Gasteiger partial charge in [-0.25, -0.2) is 9.78 Å². The molecule has 0 saturated carbocycles. The van der Waals surface area contributed by atoms with Crippen LogP contribution in [0.3, 0.4) is 0 Å². The van der Waals surface area contributed by atoms with E-state index in [0.717, 1.165) is 16.2 Å². The maximum atomic E-state index is 13.1. The molecule has 0 spiro atoms. The molecular formula is C20H22ClN3O5S2. The van der Waals surface area contributed by atoms with Gasteiger partial charge in [-0.05, 0) is 44.7 Å². The number of aromatic nitrogens is 1. The normalized spacial score (nSPS) is 12.7. The van der Waals surface area contributed by atoms with Crippen molar-refractivity contribution in [2.24, 2.45) is 0 Å². The highest BCUT2D eigenvalue weighted by atomic mass is 35.5. The molecule has 0 aliphatic rings. The Morgan fingerprint density at radius 2 is 2.16 bits per heavy atom. The zero-order valence-corrected chi connectivity index (χ0v) is 19.8. The van der Waals surface area contributed by atoms with E-state index in [2.05, 4.69) is 4.98 Å².